The van der Waals surface area contributed by atoms with Crippen LogP contribution in [0.5, 0.6) is 0 Å². The van der Waals surface area contributed by atoms with E-state index in [9.17, 15) is 14.7 Å². The summed E-state index contributed by atoms with van der Waals surface area (Å²) in [4.78, 5) is 35.5. The fourth-order valence-corrected chi connectivity index (χ4v) is 4.10. The number of hydrogen-bond donors (Lipinski definition) is 3. The third-order valence-electron chi connectivity index (χ3n) is 5.40. The second-order valence-electron chi connectivity index (χ2n) is 10.5. The lowest BCUT2D eigenvalue weighted by Gasteiger charge is -2.35. The zero-order chi connectivity index (χ0) is 24.6. The number of rotatable bonds is 4. The summed E-state index contributed by atoms with van der Waals surface area (Å²) in [6, 6.07) is 6.56. The molecular weight excluding hydrogens is 488 g/mol. The summed E-state index contributed by atoms with van der Waals surface area (Å²) >= 11 is 3.43. The number of aromatic amines is 1. The largest absolute Gasteiger partial charge is 0.444 e. The Morgan fingerprint density at radius 1 is 1.21 bits per heavy atom. The van der Waals surface area contributed by atoms with Crippen LogP contribution in [0.2, 0.25) is 0 Å². The molecule has 1 fully saturated rings. The van der Waals surface area contributed by atoms with Crippen LogP contribution in [0.25, 0.3) is 11.3 Å². The molecule has 3 atom stereocenters. The van der Waals surface area contributed by atoms with Crippen LogP contribution in [0.15, 0.2) is 34.9 Å². The highest BCUT2D eigenvalue weighted by Crippen LogP contribution is 2.34. The number of aliphatic hydroxyl groups excluding tert-OH is 1. The molecule has 8 nitrogen and oxygen atoms in total. The quantitative estimate of drug-likeness (QED) is 0.553. The molecule has 0 radical (unpaired) electrons. The Kier molecular flexibility index (Phi) is 7.24. The lowest BCUT2D eigenvalue weighted by Crippen LogP contribution is -2.55. The van der Waals surface area contributed by atoms with Crippen molar-refractivity contribution in [3.63, 3.8) is 0 Å². The summed E-state index contributed by atoms with van der Waals surface area (Å²) in [5, 5.41) is 13.1. The highest BCUT2D eigenvalue weighted by Gasteiger charge is 2.43. The number of alkyl carbamates (subject to hydrolysis) is 1. The zero-order valence-electron chi connectivity index (χ0n) is 20.0. The smallest absolute Gasteiger partial charge is 0.408 e. The molecule has 33 heavy (non-hydrogen) atoms. The molecule has 0 saturated carbocycles. The first-order chi connectivity index (χ1) is 15.2. The zero-order valence-corrected chi connectivity index (χ0v) is 21.6. The van der Waals surface area contributed by atoms with Crippen LogP contribution >= 0.6 is 15.9 Å². The molecular formula is C24H33BrN4O4. The molecule has 3 N–H and O–H groups in total. The summed E-state index contributed by atoms with van der Waals surface area (Å²) in [5.74, 6) is 0.319. The molecule has 1 aromatic carbocycles. The molecule has 0 bridgehead atoms. The standard InChI is InChI=1S/C24H33BrN4O4/c1-23(2,3)19(28-22(32)33-24(4,5)6)21(31)29-13-16(30)11-18(29)20-26-12-17(27-20)14-7-9-15(25)10-8-14/h7-10,12,16,18-19,30H,11,13H2,1-6H3,(H,26,27)(H,28,32)/t16-,18+,19-/m1/s1. The van der Waals surface area contributed by atoms with Gasteiger partial charge in [0.25, 0.3) is 0 Å². The number of hydrogen-bond acceptors (Lipinski definition) is 5. The number of aliphatic hydroxyl groups is 1. The Morgan fingerprint density at radius 3 is 2.42 bits per heavy atom. The van der Waals surface area contributed by atoms with Gasteiger partial charge in [-0.1, -0.05) is 48.8 Å². The highest BCUT2D eigenvalue weighted by atomic mass is 79.9. The number of halogens is 1. The topological polar surface area (TPSA) is 108 Å². The number of aromatic nitrogens is 2. The van der Waals surface area contributed by atoms with E-state index in [2.05, 4.69) is 31.2 Å². The number of β-amino-alcohol motifs (C(OH)–C–C–N with tert-alkyl or cyclic N) is 1. The van der Waals surface area contributed by atoms with Gasteiger partial charge in [-0.25, -0.2) is 9.78 Å². The first-order valence-electron chi connectivity index (χ1n) is 11.0. The van der Waals surface area contributed by atoms with Gasteiger partial charge >= 0.3 is 6.09 Å². The van der Waals surface area contributed by atoms with E-state index in [1.165, 1.54) is 0 Å². The van der Waals surface area contributed by atoms with Gasteiger partial charge in [0, 0.05) is 17.4 Å². The van der Waals surface area contributed by atoms with Crippen molar-refractivity contribution >= 4 is 27.9 Å². The van der Waals surface area contributed by atoms with Crippen LogP contribution < -0.4 is 5.32 Å². The maximum atomic E-state index is 13.6. The molecule has 2 heterocycles. The van der Waals surface area contributed by atoms with Crippen molar-refractivity contribution in [1.82, 2.24) is 20.2 Å². The molecule has 0 spiro atoms. The normalized spacial score (nSPS) is 19.9. The second kappa shape index (κ2) is 9.46. The van der Waals surface area contributed by atoms with Crippen molar-refractivity contribution < 1.29 is 19.4 Å². The Hall–Kier alpha value is -2.39. The fourth-order valence-electron chi connectivity index (χ4n) is 3.84. The van der Waals surface area contributed by atoms with E-state index in [0.29, 0.717) is 12.2 Å². The maximum absolute atomic E-state index is 13.6. The van der Waals surface area contributed by atoms with Crippen molar-refractivity contribution in [2.45, 2.75) is 71.8 Å². The average Bonchev–Trinajstić information content (AvgIpc) is 3.30. The van der Waals surface area contributed by atoms with Crippen LogP contribution in [0, 0.1) is 5.41 Å². The van der Waals surface area contributed by atoms with Gasteiger partial charge in [-0.05, 0) is 43.9 Å². The molecule has 1 saturated heterocycles. The number of benzene rings is 1. The number of imidazole rings is 1. The van der Waals surface area contributed by atoms with Crippen molar-refractivity contribution in [1.29, 1.82) is 0 Å². The van der Waals surface area contributed by atoms with Crippen LogP contribution in [0.3, 0.4) is 0 Å². The third-order valence-corrected chi connectivity index (χ3v) is 5.93. The Bertz CT molecular complexity index is 991. The molecule has 1 aliphatic heterocycles. The molecule has 3 rings (SSSR count). The number of amides is 2. The lowest BCUT2D eigenvalue weighted by atomic mass is 9.85. The van der Waals surface area contributed by atoms with Gasteiger partial charge in [-0.3, -0.25) is 4.79 Å². The molecule has 9 heteroatoms. The molecule has 1 aliphatic rings. The number of likely N-dealkylation sites (tertiary alicyclic amines) is 1. The van der Waals surface area contributed by atoms with E-state index < -0.39 is 35.3 Å². The van der Waals surface area contributed by atoms with Gasteiger partial charge in [0.2, 0.25) is 5.91 Å². The monoisotopic (exact) mass is 520 g/mol. The minimum atomic E-state index is -0.832. The molecule has 0 aliphatic carbocycles. The SMILES string of the molecule is CC(C)(C)OC(=O)N[C@H](C(=O)N1C[C@H](O)C[C@H]1c1ncc(-c2ccc(Br)cc2)[nH]1)C(C)(C)C. The molecule has 1 aromatic heterocycles. The second-order valence-corrected chi connectivity index (χ2v) is 11.4. The Labute approximate surface area is 203 Å². The first kappa shape index (κ1) is 25.2. The lowest BCUT2D eigenvalue weighted by molar-refractivity contribution is -0.137. The minimum Gasteiger partial charge on any atom is -0.444 e. The van der Waals surface area contributed by atoms with Gasteiger partial charge in [0.1, 0.15) is 17.5 Å². The van der Waals surface area contributed by atoms with Gasteiger partial charge in [-0.2, -0.15) is 0 Å². The number of carbonyl (C=O) groups excluding carboxylic acids is 2. The fraction of sp³-hybridized carbons (Fsp3) is 0.542. The predicted octanol–water partition coefficient (Wildman–Crippen LogP) is 4.41. The van der Waals surface area contributed by atoms with Crippen LogP contribution in [-0.4, -0.2) is 56.3 Å². The van der Waals surface area contributed by atoms with Gasteiger partial charge in [0.05, 0.1) is 24.0 Å². The number of nitrogens with one attached hydrogen (secondary N) is 2. The number of H-pyrrole nitrogens is 1. The summed E-state index contributed by atoms with van der Waals surface area (Å²) in [7, 11) is 0. The van der Waals surface area contributed by atoms with Crippen molar-refractivity contribution in [3.05, 3.63) is 40.8 Å². The van der Waals surface area contributed by atoms with Crippen molar-refractivity contribution in [3.8, 4) is 11.3 Å². The van der Waals surface area contributed by atoms with E-state index in [1.54, 1.807) is 31.9 Å². The molecule has 2 aromatic rings. The third kappa shape index (κ3) is 6.35. The number of carbonyl (C=O) groups is 2. The summed E-state index contributed by atoms with van der Waals surface area (Å²) in [5.41, 5.74) is 0.537. The molecule has 180 valence electrons. The summed E-state index contributed by atoms with van der Waals surface area (Å²) < 4.78 is 6.36. The van der Waals surface area contributed by atoms with E-state index in [0.717, 1.165) is 15.7 Å². The maximum Gasteiger partial charge on any atom is 0.408 e. The minimum absolute atomic E-state index is 0.167. The van der Waals surface area contributed by atoms with Crippen molar-refractivity contribution in [2.24, 2.45) is 5.41 Å². The van der Waals surface area contributed by atoms with Gasteiger partial charge in [-0.15, -0.1) is 0 Å². The van der Waals surface area contributed by atoms with Crippen LogP contribution in [0.4, 0.5) is 4.79 Å². The molecule has 0 unspecified atom stereocenters. The van der Waals surface area contributed by atoms with Crippen LogP contribution in [-0.2, 0) is 9.53 Å². The van der Waals surface area contributed by atoms with E-state index in [1.807, 2.05) is 45.0 Å². The van der Waals surface area contributed by atoms with Gasteiger partial charge < -0.3 is 25.0 Å². The van der Waals surface area contributed by atoms with E-state index >= 15 is 0 Å². The number of ether oxygens (including phenoxy) is 1. The summed E-state index contributed by atoms with van der Waals surface area (Å²) in [6.45, 7) is 11.1. The van der Waals surface area contributed by atoms with Crippen molar-refractivity contribution in [2.75, 3.05) is 6.54 Å². The molecule has 2 amide bonds. The highest BCUT2D eigenvalue weighted by molar-refractivity contribution is 9.10. The van der Waals surface area contributed by atoms with Gasteiger partial charge in [0.15, 0.2) is 0 Å². The predicted molar refractivity (Wildman–Crippen MR) is 129 cm³/mol. The average molecular weight is 521 g/mol. The Morgan fingerprint density at radius 2 is 1.85 bits per heavy atom. The van der Waals surface area contributed by atoms with E-state index in [4.69, 9.17) is 4.74 Å². The number of nitrogens with zero attached hydrogens (tertiary/aromatic N) is 2. The Balaban J connectivity index is 1.84. The first-order valence-corrected chi connectivity index (χ1v) is 11.8. The summed E-state index contributed by atoms with van der Waals surface area (Å²) in [6.07, 6.45) is 0.763. The van der Waals surface area contributed by atoms with Crippen LogP contribution in [0.1, 0.15) is 59.8 Å². The van der Waals surface area contributed by atoms with E-state index in [-0.39, 0.29) is 12.5 Å².